The molecule has 414 valence electrons. The second-order valence-electron chi connectivity index (χ2n) is 19.7. The van der Waals surface area contributed by atoms with Crippen molar-refractivity contribution in [1.29, 1.82) is 0 Å². The molecular formula is C68H112O5. The predicted molar refractivity (Wildman–Crippen MR) is 320 cm³/mol. The molecule has 5 heteroatoms. The lowest BCUT2D eigenvalue weighted by Crippen LogP contribution is -2.28. The van der Waals surface area contributed by atoms with E-state index in [9.17, 15) is 14.7 Å². The molecule has 0 aliphatic heterocycles. The molecule has 0 bridgehead atoms. The summed E-state index contributed by atoms with van der Waals surface area (Å²) in [5, 5.41) is 9.66. The van der Waals surface area contributed by atoms with Crippen LogP contribution in [0.5, 0.6) is 0 Å². The number of carbonyl (C=O) groups excluding carboxylic acids is 2. The molecule has 0 fully saturated rings. The Morgan fingerprint density at radius 3 is 0.890 bits per heavy atom. The molecule has 1 unspecified atom stereocenters. The molecule has 0 saturated carbocycles. The van der Waals surface area contributed by atoms with E-state index in [1.165, 1.54) is 122 Å². The van der Waals surface area contributed by atoms with E-state index < -0.39 is 6.10 Å². The zero-order valence-electron chi connectivity index (χ0n) is 47.4. The Kier molecular flexibility index (Phi) is 59.0. The Morgan fingerprint density at radius 2 is 0.589 bits per heavy atom. The SMILES string of the molecule is CC/C=C\C/C=C\C/C=C\C/C=C\C/C=C\C/C=C\C/C=C\C/C=C\C/C=C\C/C=C\C/C=C\CCCCCC(=O)OC(CO)COC(=O)CCCCCCCCCCCCCCCCCCCCCCCC. The fraction of sp³-hybridized carbons (Fsp3) is 0.647. The van der Waals surface area contributed by atoms with Gasteiger partial charge in [0, 0.05) is 12.8 Å². The highest BCUT2D eigenvalue weighted by Gasteiger charge is 2.16. The van der Waals surface area contributed by atoms with Crippen LogP contribution in [0.3, 0.4) is 0 Å². The number of esters is 2. The van der Waals surface area contributed by atoms with Crippen LogP contribution in [0.4, 0.5) is 0 Å². The van der Waals surface area contributed by atoms with Crippen molar-refractivity contribution < 1.29 is 24.2 Å². The molecule has 1 atom stereocenters. The standard InChI is InChI=1S/C68H112O5/c1-3-5-7-9-11-13-15-17-19-21-23-25-27-28-29-30-31-32-33-34-35-36-37-38-39-40-41-43-45-47-49-51-53-55-57-59-61-63-68(71)73-66(64-69)65-72-67(70)62-60-58-56-54-52-50-48-46-44-42-26-24-22-20-18-16-14-12-10-8-6-4-2/h5,7,11,13,17,19,23,25,28-29,31-32,34-35,37-38,40-41,45,47,51,53,66,69H,3-4,6,8-10,12,14-16,18,20-22,24,26-27,30,33,36,39,42-44,46,48-50,52,54-65H2,1-2H3/b7-5-,13-11-,19-17-,25-23-,29-28-,32-31-,35-34-,38-37-,41-40-,47-45-,53-51-. The largest absolute Gasteiger partial charge is 0.462 e. The van der Waals surface area contributed by atoms with E-state index in [2.05, 4.69) is 148 Å². The molecule has 73 heavy (non-hydrogen) atoms. The van der Waals surface area contributed by atoms with E-state index in [1.54, 1.807) is 0 Å². The van der Waals surface area contributed by atoms with Crippen LogP contribution in [-0.2, 0) is 19.1 Å². The van der Waals surface area contributed by atoms with E-state index in [0.717, 1.165) is 116 Å². The quantitative estimate of drug-likeness (QED) is 0.0373. The van der Waals surface area contributed by atoms with Gasteiger partial charge in [0.2, 0.25) is 0 Å². The van der Waals surface area contributed by atoms with Gasteiger partial charge in [0.1, 0.15) is 6.61 Å². The molecule has 0 aromatic rings. The monoisotopic (exact) mass is 1010 g/mol. The number of aliphatic hydroxyl groups excluding tert-OH is 1. The molecule has 1 N–H and O–H groups in total. The van der Waals surface area contributed by atoms with Crippen LogP contribution in [0.2, 0.25) is 0 Å². The first kappa shape index (κ1) is 69.0. The van der Waals surface area contributed by atoms with Crippen LogP contribution in [0.15, 0.2) is 134 Å². The van der Waals surface area contributed by atoms with Crippen molar-refractivity contribution in [3.63, 3.8) is 0 Å². The van der Waals surface area contributed by atoms with Crippen molar-refractivity contribution in [2.45, 2.75) is 270 Å². The van der Waals surface area contributed by atoms with Crippen LogP contribution in [0.25, 0.3) is 0 Å². The maximum Gasteiger partial charge on any atom is 0.306 e. The minimum atomic E-state index is -0.798. The molecule has 5 nitrogen and oxygen atoms in total. The third-order valence-electron chi connectivity index (χ3n) is 12.7. The van der Waals surface area contributed by atoms with Gasteiger partial charge in [-0.2, -0.15) is 0 Å². The third kappa shape index (κ3) is 60.5. The summed E-state index contributed by atoms with van der Waals surface area (Å²) in [7, 11) is 0. The maximum atomic E-state index is 12.3. The average Bonchev–Trinajstić information content (AvgIpc) is 3.39. The van der Waals surface area contributed by atoms with Crippen LogP contribution in [0.1, 0.15) is 264 Å². The summed E-state index contributed by atoms with van der Waals surface area (Å²) in [6.45, 7) is 4.02. The minimum absolute atomic E-state index is 0.0843. The van der Waals surface area contributed by atoms with Gasteiger partial charge in [0.25, 0.3) is 0 Å². The van der Waals surface area contributed by atoms with Gasteiger partial charge in [-0.05, 0) is 96.3 Å². The number of aliphatic hydroxyl groups is 1. The van der Waals surface area contributed by atoms with Crippen molar-refractivity contribution in [2.24, 2.45) is 0 Å². The van der Waals surface area contributed by atoms with E-state index in [-0.39, 0.29) is 25.2 Å². The first-order chi connectivity index (χ1) is 36.1. The molecule has 0 saturated heterocycles. The zero-order valence-corrected chi connectivity index (χ0v) is 47.4. The van der Waals surface area contributed by atoms with Crippen molar-refractivity contribution >= 4 is 11.9 Å². The Labute approximate surface area is 451 Å². The van der Waals surface area contributed by atoms with E-state index in [0.29, 0.717) is 12.8 Å². The van der Waals surface area contributed by atoms with Crippen molar-refractivity contribution in [2.75, 3.05) is 13.2 Å². The van der Waals surface area contributed by atoms with Gasteiger partial charge < -0.3 is 14.6 Å². The van der Waals surface area contributed by atoms with E-state index in [1.807, 2.05) is 0 Å². The highest BCUT2D eigenvalue weighted by atomic mass is 16.6. The van der Waals surface area contributed by atoms with Crippen molar-refractivity contribution in [3.8, 4) is 0 Å². The van der Waals surface area contributed by atoms with Gasteiger partial charge in [-0.25, -0.2) is 0 Å². The van der Waals surface area contributed by atoms with Gasteiger partial charge in [0.15, 0.2) is 6.10 Å². The molecule has 0 aromatic heterocycles. The van der Waals surface area contributed by atoms with Gasteiger partial charge in [-0.3, -0.25) is 9.59 Å². The number of rotatable bonds is 54. The van der Waals surface area contributed by atoms with Crippen LogP contribution in [0, 0.1) is 0 Å². The van der Waals surface area contributed by atoms with Gasteiger partial charge in [0.05, 0.1) is 6.61 Å². The molecule has 0 amide bonds. The molecule has 0 rings (SSSR count). The average molecular weight is 1010 g/mol. The Balaban J connectivity index is 3.64. The van der Waals surface area contributed by atoms with Gasteiger partial charge >= 0.3 is 11.9 Å². The highest BCUT2D eigenvalue weighted by Crippen LogP contribution is 2.16. The number of hydrogen-bond donors (Lipinski definition) is 1. The summed E-state index contributed by atoms with van der Waals surface area (Å²) < 4.78 is 10.7. The lowest BCUT2D eigenvalue weighted by molar-refractivity contribution is -0.161. The lowest BCUT2D eigenvalue weighted by Gasteiger charge is -2.15. The molecule has 0 aliphatic rings. The second kappa shape index (κ2) is 62.3. The maximum absolute atomic E-state index is 12.3. The molecule has 0 aromatic carbocycles. The molecule has 0 heterocycles. The lowest BCUT2D eigenvalue weighted by atomic mass is 10.0. The van der Waals surface area contributed by atoms with Gasteiger partial charge in [-0.15, -0.1) is 0 Å². The summed E-state index contributed by atoms with van der Waals surface area (Å²) in [5.41, 5.74) is 0. The predicted octanol–water partition coefficient (Wildman–Crippen LogP) is 20.8. The molecule has 0 spiro atoms. The third-order valence-corrected chi connectivity index (χ3v) is 12.7. The second-order valence-corrected chi connectivity index (χ2v) is 19.7. The van der Waals surface area contributed by atoms with Gasteiger partial charge in [-0.1, -0.05) is 289 Å². The zero-order chi connectivity index (χ0) is 52.7. The Bertz CT molecular complexity index is 1520. The van der Waals surface area contributed by atoms with Crippen LogP contribution < -0.4 is 0 Å². The molecule has 0 radical (unpaired) electrons. The minimum Gasteiger partial charge on any atom is -0.462 e. The molecule has 0 aliphatic carbocycles. The first-order valence-electron chi connectivity index (χ1n) is 30.2. The van der Waals surface area contributed by atoms with E-state index in [4.69, 9.17) is 9.47 Å². The Hall–Kier alpha value is -3.96. The highest BCUT2D eigenvalue weighted by molar-refractivity contribution is 5.70. The summed E-state index contributed by atoms with van der Waals surface area (Å²) >= 11 is 0. The smallest absolute Gasteiger partial charge is 0.306 e. The van der Waals surface area contributed by atoms with Crippen LogP contribution in [-0.4, -0.2) is 36.4 Å². The summed E-state index contributed by atoms with van der Waals surface area (Å²) in [6.07, 6.45) is 92.9. The topological polar surface area (TPSA) is 72.8 Å². The fourth-order valence-electron chi connectivity index (χ4n) is 8.21. The number of allylic oxidation sites excluding steroid dienone is 22. The van der Waals surface area contributed by atoms with E-state index >= 15 is 0 Å². The van der Waals surface area contributed by atoms with Crippen molar-refractivity contribution in [3.05, 3.63) is 134 Å². The summed E-state index contributed by atoms with van der Waals surface area (Å²) in [6, 6.07) is 0. The number of carbonyl (C=O) groups is 2. The summed E-state index contributed by atoms with van der Waals surface area (Å²) in [4.78, 5) is 24.5. The fourth-order valence-corrected chi connectivity index (χ4v) is 8.21. The molecular weight excluding hydrogens is 897 g/mol. The number of unbranched alkanes of at least 4 members (excludes halogenated alkanes) is 24. The first-order valence-corrected chi connectivity index (χ1v) is 30.2. The normalized spacial score (nSPS) is 13.2. The number of hydrogen-bond acceptors (Lipinski definition) is 5. The van der Waals surface area contributed by atoms with Crippen LogP contribution >= 0.6 is 0 Å². The number of ether oxygens (including phenoxy) is 2. The van der Waals surface area contributed by atoms with Crippen molar-refractivity contribution in [1.82, 2.24) is 0 Å². The summed E-state index contributed by atoms with van der Waals surface area (Å²) in [5.74, 6) is -0.629. The Morgan fingerprint density at radius 1 is 0.329 bits per heavy atom.